The molecule has 1 atom stereocenters. The molecule has 2 aromatic carbocycles. The van der Waals surface area contributed by atoms with Crippen molar-refractivity contribution in [1.29, 1.82) is 0 Å². The normalized spacial score (nSPS) is 15.7. The lowest BCUT2D eigenvalue weighted by Crippen LogP contribution is -2.24. The number of rotatable bonds is 6. The van der Waals surface area contributed by atoms with Crippen LogP contribution in [0.15, 0.2) is 54.6 Å². The molecule has 0 aliphatic carbocycles. The van der Waals surface area contributed by atoms with Crippen molar-refractivity contribution in [3.63, 3.8) is 0 Å². The lowest BCUT2D eigenvalue weighted by molar-refractivity contribution is 0.181. The van der Waals surface area contributed by atoms with Gasteiger partial charge in [0.05, 0.1) is 18.0 Å². The van der Waals surface area contributed by atoms with Crippen molar-refractivity contribution in [2.24, 2.45) is 0 Å². The number of carbonyl (C=O) groups is 1. The molecule has 0 saturated carbocycles. The Morgan fingerprint density at radius 3 is 2.60 bits per heavy atom. The van der Waals surface area contributed by atoms with Crippen molar-refractivity contribution in [3.05, 3.63) is 60.2 Å². The molecule has 0 radical (unpaired) electrons. The quantitative estimate of drug-likeness (QED) is 0.858. The Hall–Kier alpha value is -2.54. The number of nitrogens with one attached hydrogen (secondary N) is 1. The molecule has 0 bridgehead atoms. The number of hydrogen-bond donors (Lipinski definition) is 1. The van der Waals surface area contributed by atoms with Crippen molar-refractivity contribution in [2.75, 3.05) is 28.5 Å². The van der Waals surface area contributed by atoms with E-state index in [1.165, 1.54) is 4.90 Å². The summed E-state index contributed by atoms with van der Waals surface area (Å²) in [7, 11) is -3.52. The largest absolute Gasteiger partial charge is 0.447 e. The SMILES string of the molecule is CC(CS(=O)(=O)Nc1cccc(N2CCOC2=O)c1)c1ccccc1. The van der Waals surface area contributed by atoms with E-state index in [2.05, 4.69) is 4.72 Å². The van der Waals surface area contributed by atoms with E-state index in [0.29, 0.717) is 24.5 Å². The number of hydrogen-bond acceptors (Lipinski definition) is 4. The summed E-state index contributed by atoms with van der Waals surface area (Å²) >= 11 is 0. The van der Waals surface area contributed by atoms with E-state index in [4.69, 9.17) is 4.74 Å². The average Bonchev–Trinajstić information content (AvgIpc) is 3.01. The molecular formula is C18H20N2O4S. The molecule has 132 valence electrons. The monoisotopic (exact) mass is 360 g/mol. The van der Waals surface area contributed by atoms with Crippen molar-refractivity contribution in [2.45, 2.75) is 12.8 Å². The number of anilines is 2. The summed E-state index contributed by atoms with van der Waals surface area (Å²) in [5.41, 5.74) is 2.01. The predicted octanol–water partition coefficient (Wildman–Crippen LogP) is 3.19. The third-order valence-corrected chi connectivity index (χ3v) is 5.52. The molecule has 1 saturated heterocycles. The smallest absolute Gasteiger partial charge is 0.414 e. The van der Waals surface area contributed by atoms with Crippen LogP contribution in [0.5, 0.6) is 0 Å². The molecule has 1 N–H and O–H groups in total. The molecule has 25 heavy (non-hydrogen) atoms. The van der Waals surface area contributed by atoms with Crippen LogP contribution in [0.2, 0.25) is 0 Å². The van der Waals surface area contributed by atoms with Gasteiger partial charge in [-0.3, -0.25) is 9.62 Å². The maximum Gasteiger partial charge on any atom is 0.414 e. The Morgan fingerprint density at radius 2 is 1.92 bits per heavy atom. The second-order valence-electron chi connectivity index (χ2n) is 6.01. The van der Waals surface area contributed by atoms with Gasteiger partial charge >= 0.3 is 6.09 Å². The van der Waals surface area contributed by atoms with Crippen LogP contribution in [-0.2, 0) is 14.8 Å². The van der Waals surface area contributed by atoms with Gasteiger partial charge in [-0.2, -0.15) is 0 Å². The summed E-state index contributed by atoms with van der Waals surface area (Å²) < 4.78 is 32.4. The van der Waals surface area contributed by atoms with Crippen LogP contribution in [0.25, 0.3) is 0 Å². The van der Waals surface area contributed by atoms with Gasteiger partial charge in [-0.1, -0.05) is 43.3 Å². The summed E-state index contributed by atoms with van der Waals surface area (Å²) in [6.07, 6.45) is -0.419. The first-order valence-electron chi connectivity index (χ1n) is 8.04. The number of benzene rings is 2. The molecule has 6 nitrogen and oxygen atoms in total. The maximum absolute atomic E-state index is 12.5. The highest BCUT2D eigenvalue weighted by Crippen LogP contribution is 2.24. The second-order valence-corrected chi connectivity index (χ2v) is 7.78. The molecule has 7 heteroatoms. The first-order chi connectivity index (χ1) is 11.9. The molecule has 1 heterocycles. The first-order valence-corrected chi connectivity index (χ1v) is 9.70. The zero-order valence-corrected chi connectivity index (χ0v) is 14.7. The van der Waals surface area contributed by atoms with Gasteiger partial charge < -0.3 is 4.74 Å². The van der Waals surface area contributed by atoms with E-state index in [-0.39, 0.29) is 11.7 Å². The van der Waals surface area contributed by atoms with E-state index >= 15 is 0 Å². The number of cyclic esters (lactones) is 1. The zero-order chi connectivity index (χ0) is 17.9. The Balaban J connectivity index is 1.71. The predicted molar refractivity (Wildman–Crippen MR) is 97.4 cm³/mol. The number of ether oxygens (including phenoxy) is 1. The summed E-state index contributed by atoms with van der Waals surface area (Å²) in [6, 6.07) is 16.3. The van der Waals surface area contributed by atoms with Gasteiger partial charge in [0.25, 0.3) is 0 Å². The molecular weight excluding hydrogens is 340 g/mol. The summed E-state index contributed by atoms with van der Waals surface area (Å²) in [5.74, 6) is -0.150. The van der Waals surface area contributed by atoms with E-state index in [0.717, 1.165) is 5.56 Å². The van der Waals surface area contributed by atoms with Crippen LogP contribution in [-0.4, -0.2) is 33.4 Å². The van der Waals surface area contributed by atoms with Crippen LogP contribution in [0, 0.1) is 0 Å². The van der Waals surface area contributed by atoms with Gasteiger partial charge in [-0.05, 0) is 29.7 Å². The molecule has 0 spiro atoms. The standard InChI is InChI=1S/C18H20N2O4S/c1-14(15-6-3-2-4-7-15)13-25(22,23)19-16-8-5-9-17(12-16)20-10-11-24-18(20)21/h2-9,12,14,19H,10-11,13H2,1H3. The molecule has 1 unspecified atom stereocenters. The van der Waals surface area contributed by atoms with Gasteiger partial charge in [0.2, 0.25) is 10.0 Å². The molecule has 1 aliphatic heterocycles. The highest BCUT2D eigenvalue weighted by Gasteiger charge is 2.24. The maximum atomic E-state index is 12.5. The van der Waals surface area contributed by atoms with Gasteiger partial charge in [0.15, 0.2) is 0 Å². The van der Waals surface area contributed by atoms with Crippen LogP contribution in [0.3, 0.4) is 0 Å². The van der Waals surface area contributed by atoms with Crippen LogP contribution in [0.1, 0.15) is 18.4 Å². The Kier molecular flexibility index (Phi) is 4.94. The fourth-order valence-electron chi connectivity index (χ4n) is 2.79. The number of carbonyl (C=O) groups excluding carboxylic acids is 1. The van der Waals surface area contributed by atoms with E-state index in [1.54, 1.807) is 24.3 Å². The Bertz CT molecular complexity index is 852. The molecule has 1 fully saturated rings. The average molecular weight is 360 g/mol. The highest BCUT2D eigenvalue weighted by molar-refractivity contribution is 7.92. The van der Waals surface area contributed by atoms with Crippen LogP contribution < -0.4 is 9.62 Å². The lowest BCUT2D eigenvalue weighted by Gasteiger charge is -2.16. The summed E-state index contributed by atoms with van der Waals surface area (Å²) in [4.78, 5) is 13.1. The fraction of sp³-hybridized carbons (Fsp3) is 0.278. The second kappa shape index (κ2) is 7.14. The molecule has 1 aliphatic rings. The Morgan fingerprint density at radius 1 is 1.16 bits per heavy atom. The van der Waals surface area contributed by atoms with Gasteiger partial charge in [0.1, 0.15) is 6.61 Å². The van der Waals surface area contributed by atoms with Crippen molar-refractivity contribution >= 4 is 27.5 Å². The minimum Gasteiger partial charge on any atom is -0.447 e. The topological polar surface area (TPSA) is 75.7 Å². The van der Waals surface area contributed by atoms with Crippen LogP contribution >= 0.6 is 0 Å². The van der Waals surface area contributed by atoms with Crippen molar-refractivity contribution in [1.82, 2.24) is 0 Å². The van der Waals surface area contributed by atoms with Gasteiger partial charge in [0, 0.05) is 5.69 Å². The third-order valence-electron chi connectivity index (χ3n) is 4.03. The third kappa shape index (κ3) is 4.30. The number of nitrogens with zero attached hydrogens (tertiary/aromatic N) is 1. The fourth-order valence-corrected chi connectivity index (χ4v) is 4.21. The van der Waals surface area contributed by atoms with Crippen molar-refractivity contribution in [3.8, 4) is 0 Å². The van der Waals surface area contributed by atoms with Crippen molar-refractivity contribution < 1.29 is 17.9 Å². The Labute approximate surface area is 147 Å². The van der Waals surface area contributed by atoms with Gasteiger partial charge in [-0.15, -0.1) is 0 Å². The lowest BCUT2D eigenvalue weighted by atomic mass is 10.0. The zero-order valence-electron chi connectivity index (χ0n) is 13.9. The minimum absolute atomic E-state index is 0.0208. The first kappa shape index (κ1) is 17.3. The molecule has 2 aromatic rings. The number of amides is 1. The van der Waals surface area contributed by atoms with Crippen LogP contribution in [0.4, 0.5) is 16.2 Å². The summed E-state index contributed by atoms with van der Waals surface area (Å²) in [5, 5.41) is 0. The van der Waals surface area contributed by atoms with E-state index in [9.17, 15) is 13.2 Å². The van der Waals surface area contributed by atoms with E-state index < -0.39 is 16.1 Å². The summed E-state index contributed by atoms with van der Waals surface area (Å²) in [6.45, 7) is 2.68. The minimum atomic E-state index is -3.52. The molecule has 1 amide bonds. The molecule has 3 rings (SSSR count). The highest BCUT2D eigenvalue weighted by atomic mass is 32.2. The van der Waals surface area contributed by atoms with E-state index in [1.807, 2.05) is 37.3 Å². The number of sulfonamides is 1. The molecule has 0 aromatic heterocycles. The van der Waals surface area contributed by atoms with Gasteiger partial charge in [-0.25, -0.2) is 13.2 Å².